The van der Waals surface area contributed by atoms with Crippen molar-refractivity contribution in [3.63, 3.8) is 0 Å². The number of benzene rings is 1. The van der Waals surface area contributed by atoms with Crippen LogP contribution in [0.4, 0.5) is 18.9 Å². The van der Waals surface area contributed by atoms with Crippen molar-refractivity contribution in [3.8, 4) is 0 Å². The van der Waals surface area contributed by atoms with Gasteiger partial charge in [-0.15, -0.1) is 0 Å². The van der Waals surface area contributed by atoms with Gasteiger partial charge in [0.05, 0.1) is 0 Å². The zero-order valence-electron chi connectivity index (χ0n) is 9.88. The Morgan fingerprint density at radius 1 is 1.37 bits per heavy atom. The van der Waals surface area contributed by atoms with Crippen molar-refractivity contribution in [2.45, 2.75) is 18.2 Å². The van der Waals surface area contributed by atoms with Crippen LogP contribution in [0.5, 0.6) is 0 Å². The largest absolute Gasteiger partial charge is 0.442 e. The zero-order valence-corrected chi connectivity index (χ0v) is 10.7. The second-order valence-corrected chi connectivity index (χ2v) is 5.03. The third-order valence-corrected chi connectivity index (χ3v) is 3.41. The molecule has 0 spiro atoms. The summed E-state index contributed by atoms with van der Waals surface area (Å²) in [5.41, 5.74) is 2.49. The summed E-state index contributed by atoms with van der Waals surface area (Å²) in [5.74, 6) is -0.274. The highest BCUT2D eigenvalue weighted by Crippen LogP contribution is 2.36. The normalized spacial score (nSPS) is 12.0. The molecule has 7 heteroatoms. The lowest BCUT2D eigenvalue weighted by Crippen LogP contribution is -2.04. The molecule has 0 aliphatic rings. The third kappa shape index (κ3) is 3.04. The molecule has 0 unspecified atom stereocenters. The first kappa shape index (κ1) is 13.8. The van der Waals surface area contributed by atoms with E-state index in [0.717, 1.165) is 0 Å². The number of thioether (sulfide) groups is 1. The van der Waals surface area contributed by atoms with Gasteiger partial charge in [-0.2, -0.15) is 13.2 Å². The van der Waals surface area contributed by atoms with Crippen molar-refractivity contribution in [1.29, 1.82) is 0 Å². The molecule has 3 nitrogen and oxygen atoms in total. The summed E-state index contributed by atoms with van der Waals surface area (Å²) in [6, 6.07) is 4.17. The van der Waals surface area contributed by atoms with Gasteiger partial charge in [0.25, 0.3) is 0 Å². The fourth-order valence-electron chi connectivity index (χ4n) is 1.81. The van der Waals surface area contributed by atoms with E-state index in [4.69, 9.17) is 10.2 Å². The quantitative estimate of drug-likeness (QED) is 0.679. The predicted octanol–water partition coefficient (Wildman–Crippen LogP) is 3.44. The lowest BCUT2D eigenvalue weighted by atomic mass is 10.1. The Morgan fingerprint density at radius 2 is 2.05 bits per heavy atom. The van der Waals surface area contributed by atoms with Gasteiger partial charge in [0.15, 0.2) is 0 Å². The topological polar surface area (TPSA) is 56.2 Å². The number of alkyl halides is 3. The number of fused-ring (bicyclic) bond motifs is 1. The van der Waals surface area contributed by atoms with E-state index in [1.807, 2.05) is 0 Å². The Labute approximate surface area is 110 Å². The van der Waals surface area contributed by atoms with Crippen LogP contribution in [0.3, 0.4) is 0 Å². The summed E-state index contributed by atoms with van der Waals surface area (Å²) >= 11 is -0.154. The molecule has 0 aliphatic heterocycles. The molecule has 1 aromatic carbocycles. The molecule has 1 aromatic heterocycles. The number of nitrogens with two attached hydrogens (primary N) is 1. The molecule has 2 rings (SSSR count). The van der Waals surface area contributed by atoms with Gasteiger partial charge >= 0.3 is 11.1 Å². The van der Waals surface area contributed by atoms with Crippen molar-refractivity contribution in [2.75, 3.05) is 5.73 Å². The van der Waals surface area contributed by atoms with Gasteiger partial charge in [-0.25, -0.2) is 4.79 Å². The van der Waals surface area contributed by atoms with Crippen LogP contribution in [0.2, 0.25) is 0 Å². The van der Waals surface area contributed by atoms with Crippen LogP contribution in [0.15, 0.2) is 27.4 Å². The minimum atomic E-state index is -4.31. The van der Waals surface area contributed by atoms with Gasteiger partial charge in [0, 0.05) is 22.9 Å². The Hall–Kier alpha value is -1.63. The maximum Gasteiger partial charge on any atom is 0.442 e. The molecule has 0 saturated heterocycles. The second-order valence-electron chi connectivity index (χ2n) is 3.99. The van der Waals surface area contributed by atoms with E-state index >= 15 is 0 Å². The summed E-state index contributed by atoms with van der Waals surface area (Å²) in [5, 5.41) is 0.486. The molecule has 0 amide bonds. The lowest BCUT2D eigenvalue weighted by molar-refractivity contribution is -0.0329. The molecule has 0 atom stereocenters. The van der Waals surface area contributed by atoms with Gasteiger partial charge in [-0.1, -0.05) is 6.07 Å². The number of hydrogen-bond donors (Lipinski definition) is 1. The molecule has 0 fully saturated rings. The summed E-state index contributed by atoms with van der Waals surface area (Å²) in [6.45, 7) is 1.66. The third-order valence-electron chi connectivity index (χ3n) is 2.63. The minimum Gasteiger partial charge on any atom is -0.423 e. The van der Waals surface area contributed by atoms with E-state index in [9.17, 15) is 18.0 Å². The van der Waals surface area contributed by atoms with Gasteiger partial charge in [0.1, 0.15) is 5.58 Å². The van der Waals surface area contributed by atoms with E-state index in [1.165, 1.54) is 18.2 Å². The van der Waals surface area contributed by atoms with Crippen LogP contribution >= 0.6 is 11.8 Å². The van der Waals surface area contributed by atoms with Crippen molar-refractivity contribution < 1.29 is 17.6 Å². The maximum atomic E-state index is 12.2. The van der Waals surface area contributed by atoms with Crippen molar-refractivity contribution in [2.24, 2.45) is 0 Å². The number of anilines is 1. The van der Waals surface area contributed by atoms with Gasteiger partial charge in [-0.05, 0) is 35.9 Å². The zero-order chi connectivity index (χ0) is 14.2. The average molecular weight is 289 g/mol. The van der Waals surface area contributed by atoms with Crippen LogP contribution in [-0.2, 0) is 5.75 Å². The van der Waals surface area contributed by atoms with Crippen LogP contribution in [0.25, 0.3) is 11.0 Å². The smallest absolute Gasteiger partial charge is 0.423 e. The molecule has 19 heavy (non-hydrogen) atoms. The Morgan fingerprint density at radius 3 is 2.68 bits per heavy atom. The minimum absolute atomic E-state index is 0.154. The number of aryl methyl sites for hydroxylation is 1. The fraction of sp³-hybridized carbons (Fsp3) is 0.250. The standard InChI is InChI=1S/C12H10F3NO2S/c1-6-4-9(17)18-8-3-2-7(11(16)10(6)8)5-19-12(13,14)15/h2-4H,5,16H2,1H3. The molecule has 1 heterocycles. The van der Waals surface area contributed by atoms with Gasteiger partial charge in [-0.3, -0.25) is 0 Å². The molecule has 0 aliphatic carbocycles. The first-order valence-corrected chi connectivity index (χ1v) is 6.29. The molecule has 2 N–H and O–H groups in total. The van der Waals surface area contributed by atoms with Crippen molar-refractivity contribution in [1.82, 2.24) is 0 Å². The van der Waals surface area contributed by atoms with Gasteiger partial charge < -0.3 is 10.2 Å². The van der Waals surface area contributed by atoms with Crippen LogP contribution in [-0.4, -0.2) is 5.51 Å². The van der Waals surface area contributed by atoms with Gasteiger partial charge in [0.2, 0.25) is 0 Å². The molecule has 0 saturated carbocycles. The summed E-state index contributed by atoms with van der Waals surface area (Å²) in [7, 11) is 0. The summed E-state index contributed by atoms with van der Waals surface area (Å²) in [6.07, 6.45) is 0. The summed E-state index contributed by atoms with van der Waals surface area (Å²) < 4.78 is 41.5. The first-order valence-electron chi connectivity index (χ1n) is 5.30. The summed E-state index contributed by atoms with van der Waals surface area (Å²) in [4.78, 5) is 11.2. The lowest BCUT2D eigenvalue weighted by Gasteiger charge is -2.11. The highest BCUT2D eigenvalue weighted by atomic mass is 32.2. The Balaban J connectivity index is 2.49. The van der Waals surface area contributed by atoms with E-state index in [-0.39, 0.29) is 28.8 Å². The second kappa shape index (κ2) is 4.80. The number of rotatable bonds is 2. The van der Waals surface area contributed by atoms with Crippen LogP contribution < -0.4 is 11.4 Å². The monoisotopic (exact) mass is 289 g/mol. The van der Waals surface area contributed by atoms with Crippen LogP contribution in [0.1, 0.15) is 11.1 Å². The van der Waals surface area contributed by atoms with Crippen molar-refractivity contribution >= 4 is 28.4 Å². The number of hydrogen-bond acceptors (Lipinski definition) is 4. The van der Waals surface area contributed by atoms with E-state index in [0.29, 0.717) is 16.5 Å². The number of halogens is 3. The molecular formula is C12H10F3NO2S. The van der Waals surface area contributed by atoms with E-state index < -0.39 is 11.1 Å². The molecule has 2 aromatic rings. The highest BCUT2D eigenvalue weighted by Gasteiger charge is 2.28. The average Bonchev–Trinajstić information content (AvgIpc) is 2.25. The van der Waals surface area contributed by atoms with Crippen molar-refractivity contribution in [3.05, 3.63) is 39.7 Å². The molecule has 102 valence electrons. The number of nitrogen functional groups attached to an aromatic ring is 1. The fourth-order valence-corrected chi connectivity index (χ4v) is 2.38. The van der Waals surface area contributed by atoms with E-state index in [1.54, 1.807) is 6.92 Å². The maximum absolute atomic E-state index is 12.2. The Kier molecular flexibility index (Phi) is 3.49. The molecule has 0 radical (unpaired) electrons. The van der Waals surface area contributed by atoms with Crippen LogP contribution in [0, 0.1) is 6.92 Å². The molecular weight excluding hydrogens is 279 g/mol. The SMILES string of the molecule is Cc1cc(=O)oc2ccc(CSC(F)(F)F)c(N)c12. The predicted molar refractivity (Wildman–Crippen MR) is 69.0 cm³/mol. The van der Waals surface area contributed by atoms with E-state index in [2.05, 4.69) is 0 Å². The Bertz CT molecular complexity index is 679. The first-order chi connectivity index (χ1) is 8.78. The molecule has 0 bridgehead atoms. The highest BCUT2D eigenvalue weighted by molar-refractivity contribution is 7.99.